The number of amides is 1. The first kappa shape index (κ1) is 12.5. The number of carbonyl (C=O) groups excluding carboxylic acids is 1. The maximum absolute atomic E-state index is 12.3. The Morgan fingerprint density at radius 2 is 1.79 bits per heavy atom. The zero-order valence-electron chi connectivity index (χ0n) is 11.3. The van der Waals surface area contributed by atoms with E-state index in [0.29, 0.717) is 12.0 Å². The zero-order chi connectivity index (χ0) is 13.2. The molecule has 0 aromatic heterocycles. The van der Waals surface area contributed by atoms with Gasteiger partial charge in [0.05, 0.1) is 12.0 Å². The molecule has 1 saturated heterocycles. The topological polar surface area (TPSA) is 20.3 Å². The summed E-state index contributed by atoms with van der Waals surface area (Å²) in [4.78, 5) is 14.3. The Hall–Kier alpha value is -1.57. The maximum atomic E-state index is 12.3. The van der Waals surface area contributed by atoms with Gasteiger partial charge in [0, 0.05) is 5.69 Å². The fourth-order valence-electron chi connectivity index (χ4n) is 3.64. The molecule has 2 atom stereocenters. The molecular weight excluding hydrogens is 234 g/mol. The summed E-state index contributed by atoms with van der Waals surface area (Å²) in [6.45, 7) is 3.86. The minimum atomic E-state index is 0.0308. The molecule has 1 aromatic rings. The number of β-lactam (4-membered cyclic amide) rings is 1. The van der Waals surface area contributed by atoms with E-state index in [2.05, 4.69) is 6.58 Å². The van der Waals surface area contributed by atoms with Crippen molar-refractivity contribution < 1.29 is 4.79 Å². The van der Waals surface area contributed by atoms with E-state index in [1.54, 1.807) is 0 Å². The number of hydrogen-bond acceptors (Lipinski definition) is 1. The van der Waals surface area contributed by atoms with Crippen LogP contribution in [0.25, 0.3) is 0 Å². The fraction of sp³-hybridized carbons (Fsp3) is 0.471. The predicted molar refractivity (Wildman–Crippen MR) is 78.0 cm³/mol. The van der Waals surface area contributed by atoms with Gasteiger partial charge in [-0.25, -0.2) is 0 Å². The molecule has 0 spiro atoms. The minimum Gasteiger partial charge on any atom is -0.307 e. The number of anilines is 1. The van der Waals surface area contributed by atoms with Crippen molar-refractivity contribution in [2.75, 3.05) is 4.90 Å². The van der Waals surface area contributed by atoms with Gasteiger partial charge < -0.3 is 4.90 Å². The van der Waals surface area contributed by atoms with Crippen LogP contribution in [0, 0.1) is 11.8 Å². The van der Waals surface area contributed by atoms with E-state index in [0.717, 1.165) is 5.69 Å². The third-order valence-electron chi connectivity index (χ3n) is 4.61. The van der Waals surface area contributed by atoms with Crippen LogP contribution in [0.4, 0.5) is 5.69 Å². The van der Waals surface area contributed by atoms with Gasteiger partial charge in [-0.1, -0.05) is 43.5 Å². The van der Waals surface area contributed by atoms with E-state index in [-0.39, 0.29) is 11.8 Å². The molecule has 0 N–H and O–H groups in total. The van der Waals surface area contributed by atoms with E-state index >= 15 is 0 Å². The van der Waals surface area contributed by atoms with Gasteiger partial charge in [0.2, 0.25) is 5.91 Å². The molecule has 1 saturated carbocycles. The van der Waals surface area contributed by atoms with Crippen LogP contribution in [0.15, 0.2) is 43.0 Å². The first-order valence-electron chi connectivity index (χ1n) is 7.33. The second-order valence-electron chi connectivity index (χ2n) is 5.69. The van der Waals surface area contributed by atoms with Crippen molar-refractivity contribution in [2.24, 2.45) is 11.8 Å². The summed E-state index contributed by atoms with van der Waals surface area (Å²) in [5.41, 5.74) is 1.04. The third-order valence-corrected chi connectivity index (χ3v) is 4.61. The van der Waals surface area contributed by atoms with Crippen LogP contribution in [0.1, 0.15) is 32.1 Å². The SMILES string of the molecule is C=C[C@@H]1C(=O)N(c2ccccc2)[C@H]1C1CCCCC1. The molecule has 2 aliphatic rings. The Morgan fingerprint density at radius 3 is 2.42 bits per heavy atom. The number of benzene rings is 1. The Morgan fingerprint density at radius 1 is 1.11 bits per heavy atom. The molecule has 0 radical (unpaired) electrons. The molecule has 0 bridgehead atoms. The standard InChI is InChI=1S/C17H21NO/c1-2-15-16(13-9-5-3-6-10-13)18(17(15)19)14-11-7-4-8-12-14/h2,4,7-8,11-13,15-16H,1,3,5-6,9-10H2/t15-,16-/m0/s1. The van der Waals surface area contributed by atoms with Crippen molar-refractivity contribution in [3.63, 3.8) is 0 Å². The lowest BCUT2D eigenvalue weighted by Gasteiger charge is -2.50. The van der Waals surface area contributed by atoms with Gasteiger partial charge in [0.1, 0.15) is 0 Å². The zero-order valence-corrected chi connectivity index (χ0v) is 11.3. The number of nitrogens with zero attached hydrogens (tertiary/aromatic N) is 1. The quantitative estimate of drug-likeness (QED) is 0.594. The van der Waals surface area contributed by atoms with E-state index in [1.165, 1.54) is 32.1 Å². The number of para-hydroxylation sites is 1. The molecule has 2 nitrogen and oxygen atoms in total. The fourth-order valence-corrected chi connectivity index (χ4v) is 3.64. The highest BCUT2D eigenvalue weighted by atomic mass is 16.2. The Balaban J connectivity index is 1.85. The summed E-state index contributed by atoms with van der Waals surface area (Å²) in [6, 6.07) is 10.4. The molecule has 1 aliphatic heterocycles. The van der Waals surface area contributed by atoms with Crippen molar-refractivity contribution in [1.82, 2.24) is 0 Å². The van der Waals surface area contributed by atoms with Gasteiger partial charge in [-0.2, -0.15) is 0 Å². The van der Waals surface area contributed by atoms with Gasteiger partial charge >= 0.3 is 0 Å². The lowest BCUT2D eigenvalue weighted by Crippen LogP contribution is -2.63. The molecule has 1 heterocycles. The largest absolute Gasteiger partial charge is 0.307 e. The van der Waals surface area contributed by atoms with Crippen LogP contribution in [-0.4, -0.2) is 11.9 Å². The highest BCUT2D eigenvalue weighted by Gasteiger charge is 2.49. The Kier molecular flexibility index (Phi) is 3.41. The summed E-state index contributed by atoms with van der Waals surface area (Å²) in [6.07, 6.45) is 8.32. The van der Waals surface area contributed by atoms with E-state index < -0.39 is 0 Å². The summed E-state index contributed by atoms with van der Waals surface area (Å²) in [5.74, 6) is 0.898. The summed E-state index contributed by atoms with van der Waals surface area (Å²) in [7, 11) is 0. The van der Waals surface area contributed by atoms with Crippen LogP contribution >= 0.6 is 0 Å². The van der Waals surface area contributed by atoms with Crippen molar-refractivity contribution in [3.8, 4) is 0 Å². The lowest BCUT2D eigenvalue weighted by atomic mass is 9.72. The number of carbonyl (C=O) groups is 1. The third kappa shape index (κ3) is 2.09. The maximum Gasteiger partial charge on any atom is 0.236 e. The van der Waals surface area contributed by atoms with Crippen molar-refractivity contribution in [2.45, 2.75) is 38.1 Å². The molecule has 1 aliphatic carbocycles. The monoisotopic (exact) mass is 255 g/mol. The molecule has 0 unspecified atom stereocenters. The normalized spacial score (nSPS) is 28.0. The van der Waals surface area contributed by atoms with Gasteiger partial charge in [-0.05, 0) is 30.9 Å². The van der Waals surface area contributed by atoms with Crippen molar-refractivity contribution in [1.29, 1.82) is 0 Å². The average molecular weight is 255 g/mol. The second-order valence-corrected chi connectivity index (χ2v) is 5.69. The van der Waals surface area contributed by atoms with Crippen LogP contribution in [0.5, 0.6) is 0 Å². The molecular formula is C17H21NO. The van der Waals surface area contributed by atoms with Crippen LogP contribution in [0.3, 0.4) is 0 Å². The predicted octanol–water partition coefficient (Wildman–Crippen LogP) is 3.78. The van der Waals surface area contributed by atoms with Gasteiger partial charge in [0.25, 0.3) is 0 Å². The van der Waals surface area contributed by atoms with Crippen molar-refractivity contribution in [3.05, 3.63) is 43.0 Å². The molecule has 1 aromatic carbocycles. The van der Waals surface area contributed by atoms with Gasteiger partial charge in [0.15, 0.2) is 0 Å². The number of hydrogen-bond donors (Lipinski definition) is 0. The van der Waals surface area contributed by atoms with E-state index in [4.69, 9.17) is 0 Å². The molecule has 1 amide bonds. The van der Waals surface area contributed by atoms with Crippen LogP contribution in [0.2, 0.25) is 0 Å². The average Bonchev–Trinajstić information content (AvgIpc) is 2.47. The van der Waals surface area contributed by atoms with Gasteiger partial charge in [-0.15, -0.1) is 6.58 Å². The van der Waals surface area contributed by atoms with Gasteiger partial charge in [-0.3, -0.25) is 4.79 Å². The Bertz CT molecular complexity index is 461. The van der Waals surface area contributed by atoms with E-state index in [9.17, 15) is 4.79 Å². The molecule has 19 heavy (non-hydrogen) atoms. The van der Waals surface area contributed by atoms with Crippen molar-refractivity contribution >= 4 is 11.6 Å². The molecule has 3 rings (SSSR count). The highest BCUT2D eigenvalue weighted by Crippen LogP contribution is 2.42. The smallest absolute Gasteiger partial charge is 0.236 e. The molecule has 2 fully saturated rings. The summed E-state index contributed by atoms with van der Waals surface area (Å²) in [5, 5.41) is 0. The number of rotatable bonds is 3. The first-order chi connectivity index (χ1) is 9.33. The van der Waals surface area contributed by atoms with Crippen LogP contribution < -0.4 is 4.90 Å². The second kappa shape index (κ2) is 5.20. The summed E-state index contributed by atoms with van der Waals surface area (Å²) < 4.78 is 0. The summed E-state index contributed by atoms with van der Waals surface area (Å²) >= 11 is 0. The lowest BCUT2D eigenvalue weighted by molar-refractivity contribution is -0.129. The molecule has 100 valence electrons. The Labute approximate surface area is 115 Å². The first-order valence-corrected chi connectivity index (χ1v) is 7.33. The minimum absolute atomic E-state index is 0.0308. The highest BCUT2D eigenvalue weighted by molar-refractivity contribution is 6.04. The van der Waals surface area contributed by atoms with Crippen LogP contribution in [-0.2, 0) is 4.79 Å². The van der Waals surface area contributed by atoms with E-state index in [1.807, 2.05) is 41.3 Å². The molecule has 2 heteroatoms.